The van der Waals surface area contributed by atoms with Crippen LogP contribution >= 0.6 is 15.9 Å². The summed E-state index contributed by atoms with van der Waals surface area (Å²) in [5.41, 5.74) is 4.30. The minimum atomic E-state index is -0.337. The number of amides is 1. The van der Waals surface area contributed by atoms with E-state index in [0.29, 0.717) is 11.5 Å². The monoisotopic (exact) mass is 376 g/mol. The first-order valence-corrected chi connectivity index (χ1v) is 7.72. The van der Waals surface area contributed by atoms with Crippen LogP contribution in [-0.2, 0) is 4.79 Å². The Hall–Kier alpha value is -2.34. The third-order valence-electron chi connectivity index (χ3n) is 2.98. The highest BCUT2D eigenvalue weighted by Crippen LogP contribution is 2.21. The average molecular weight is 377 g/mol. The number of ether oxygens (including phenoxy) is 2. The van der Waals surface area contributed by atoms with Gasteiger partial charge in [-0.15, -0.1) is 0 Å². The Morgan fingerprint density at radius 2 is 2.00 bits per heavy atom. The summed E-state index contributed by atoms with van der Waals surface area (Å²) < 4.78 is 11.5. The highest BCUT2D eigenvalue weighted by Gasteiger charge is 2.03. The van der Waals surface area contributed by atoms with Crippen molar-refractivity contribution >= 4 is 28.1 Å². The quantitative estimate of drug-likeness (QED) is 0.621. The molecule has 0 radical (unpaired) electrons. The fraction of sp³-hybridized carbons (Fsp3) is 0.176. The molecule has 5 nitrogen and oxygen atoms in total. The van der Waals surface area contributed by atoms with E-state index in [1.807, 2.05) is 49.4 Å². The zero-order valence-corrected chi connectivity index (χ0v) is 14.5. The molecule has 1 amide bonds. The molecule has 120 valence electrons. The summed E-state index contributed by atoms with van der Waals surface area (Å²) in [5, 5.41) is 3.91. The van der Waals surface area contributed by atoms with Crippen LogP contribution in [0, 0.1) is 6.92 Å². The molecule has 1 N–H and O–H groups in total. The van der Waals surface area contributed by atoms with E-state index >= 15 is 0 Å². The standard InChI is InChI=1S/C17H17BrN2O3/c1-12-3-6-15(7-4-12)23-11-17(21)20-19-10-13-9-14(18)5-8-16(13)22-2/h3-10H,11H2,1-2H3,(H,20,21)/b19-10+. The summed E-state index contributed by atoms with van der Waals surface area (Å²) in [6.07, 6.45) is 1.52. The lowest BCUT2D eigenvalue weighted by molar-refractivity contribution is -0.123. The smallest absolute Gasteiger partial charge is 0.277 e. The van der Waals surface area contributed by atoms with Gasteiger partial charge in [0, 0.05) is 10.0 Å². The number of halogens is 1. The van der Waals surface area contributed by atoms with Gasteiger partial charge in [-0.25, -0.2) is 5.43 Å². The molecule has 0 aromatic heterocycles. The largest absolute Gasteiger partial charge is 0.496 e. The maximum atomic E-state index is 11.7. The third kappa shape index (κ3) is 5.41. The van der Waals surface area contributed by atoms with E-state index in [4.69, 9.17) is 9.47 Å². The number of aryl methyl sites for hydroxylation is 1. The molecule has 0 unspecified atom stereocenters. The predicted molar refractivity (Wildman–Crippen MR) is 93.1 cm³/mol. The first kappa shape index (κ1) is 17.0. The Morgan fingerprint density at radius 3 is 2.70 bits per heavy atom. The molecule has 0 spiro atoms. The summed E-state index contributed by atoms with van der Waals surface area (Å²) in [7, 11) is 1.58. The molecule has 0 aliphatic carbocycles. The Morgan fingerprint density at radius 1 is 1.26 bits per heavy atom. The van der Waals surface area contributed by atoms with Gasteiger partial charge in [-0.2, -0.15) is 5.10 Å². The molecule has 0 atom stereocenters. The van der Waals surface area contributed by atoms with E-state index < -0.39 is 0 Å². The molecule has 2 rings (SSSR count). The highest BCUT2D eigenvalue weighted by molar-refractivity contribution is 9.10. The molecule has 0 aliphatic heterocycles. The summed E-state index contributed by atoms with van der Waals surface area (Å²) in [5.74, 6) is 0.973. The molecule has 6 heteroatoms. The van der Waals surface area contributed by atoms with E-state index in [-0.39, 0.29) is 12.5 Å². The van der Waals surface area contributed by atoms with Gasteiger partial charge >= 0.3 is 0 Å². The van der Waals surface area contributed by atoms with Crippen LogP contribution in [0.15, 0.2) is 52.0 Å². The summed E-state index contributed by atoms with van der Waals surface area (Å²) >= 11 is 3.38. The van der Waals surface area contributed by atoms with E-state index in [0.717, 1.165) is 15.6 Å². The number of benzene rings is 2. The first-order chi connectivity index (χ1) is 11.1. The molecule has 23 heavy (non-hydrogen) atoms. The van der Waals surface area contributed by atoms with E-state index in [9.17, 15) is 4.79 Å². The number of hydrazone groups is 1. The molecule has 0 fully saturated rings. The van der Waals surface area contributed by atoms with Gasteiger partial charge in [0.2, 0.25) is 0 Å². The zero-order chi connectivity index (χ0) is 16.7. The van der Waals surface area contributed by atoms with Crippen molar-refractivity contribution in [1.82, 2.24) is 5.43 Å². The minimum Gasteiger partial charge on any atom is -0.496 e. The minimum absolute atomic E-state index is 0.101. The van der Waals surface area contributed by atoms with Crippen LogP contribution in [0.5, 0.6) is 11.5 Å². The van der Waals surface area contributed by atoms with Crippen molar-refractivity contribution in [2.24, 2.45) is 5.10 Å². The van der Waals surface area contributed by atoms with Crippen LogP contribution in [-0.4, -0.2) is 25.8 Å². The second kappa shape index (κ2) is 8.33. The van der Waals surface area contributed by atoms with Crippen molar-refractivity contribution in [2.75, 3.05) is 13.7 Å². The highest BCUT2D eigenvalue weighted by atomic mass is 79.9. The summed E-state index contributed by atoms with van der Waals surface area (Å²) in [6, 6.07) is 13.0. The van der Waals surface area contributed by atoms with Crippen LogP contribution < -0.4 is 14.9 Å². The molecule has 0 bridgehead atoms. The number of carbonyl (C=O) groups is 1. The Kier molecular flexibility index (Phi) is 6.17. The molecular weight excluding hydrogens is 360 g/mol. The Balaban J connectivity index is 1.86. The van der Waals surface area contributed by atoms with E-state index in [2.05, 4.69) is 26.5 Å². The topological polar surface area (TPSA) is 59.9 Å². The molecular formula is C17H17BrN2O3. The second-order valence-corrected chi connectivity index (χ2v) is 5.70. The number of hydrogen-bond donors (Lipinski definition) is 1. The SMILES string of the molecule is COc1ccc(Br)cc1/C=N/NC(=O)COc1ccc(C)cc1. The molecule has 2 aromatic rings. The van der Waals surface area contributed by atoms with Gasteiger partial charge in [0.25, 0.3) is 5.91 Å². The zero-order valence-electron chi connectivity index (χ0n) is 12.9. The summed E-state index contributed by atoms with van der Waals surface area (Å²) in [4.78, 5) is 11.7. The third-order valence-corrected chi connectivity index (χ3v) is 3.47. The van der Waals surface area contributed by atoms with Crippen molar-refractivity contribution < 1.29 is 14.3 Å². The number of nitrogens with zero attached hydrogens (tertiary/aromatic N) is 1. The van der Waals surface area contributed by atoms with Crippen LogP contribution in [0.4, 0.5) is 0 Å². The number of carbonyl (C=O) groups excluding carboxylic acids is 1. The van der Waals surface area contributed by atoms with Crippen LogP contribution in [0.25, 0.3) is 0 Å². The lowest BCUT2D eigenvalue weighted by Gasteiger charge is -2.06. The number of rotatable bonds is 6. The molecule has 2 aromatic carbocycles. The van der Waals surface area contributed by atoms with Crippen molar-refractivity contribution in [2.45, 2.75) is 6.92 Å². The maximum absolute atomic E-state index is 11.7. The van der Waals surface area contributed by atoms with Crippen molar-refractivity contribution in [3.05, 3.63) is 58.1 Å². The van der Waals surface area contributed by atoms with Gasteiger partial charge in [0.1, 0.15) is 11.5 Å². The van der Waals surface area contributed by atoms with Gasteiger partial charge in [-0.3, -0.25) is 4.79 Å². The Bertz CT molecular complexity index is 699. The lowest BCUT2D eigenvalue weighted by atomic mass is 10.2. The summed E-state index contributed by atoms with van der Waals surface area (Å²) in [6.45, 7) is 1.89. The lowest BCUT2D eigenvalue weighted by Crippen LogP contribution is -2.24. The second-order valence-electron chi connectivity index (χ2n) is 4.78. The van der Waals surface area contributed by atoms with Crippen LogP contribution in [0.2, 0.25) is 0 Å². The predicted octanol–water partition coefficient (Wildman–Crippen LogP) is 3.30. The maximum Gasteiger partial charge on any atom is 0.277 e. The first-order valence-electron chi connectivity index (χ1n) is 6.93. The van der Waals surface area contributed by atoms with Crippen molar-refractivity contribution in [3.8, 4) is 11.5 Å². The molecule has 0 saturated heterocycles. The molecule has 0 saturated carbocycles. The fourth-order valence-electron chi connectivity index (χ4n) is 1.80. The van der Waals surface area contributed by atoms with Crippen LogP contribution in [0.1, 0.15) is 11.1 Å². The molecule has 0 aliphatic rings. The van der Waals surface area contributed by atoms with Gasteiger partial charge in [-0.1, -0.05) is 33.6 Å². The van der Waals surface area contributed by atoms with E-state index in [1.165, 1.54) is 6.21 Å². The van der Waals surface area contributed by atoms with Crippen molar-refractivity contribution in [1.29, 1.82) is 0 Å². The van der Waals surface area contributed by atoms with Crippen molar-refractivity contribution in [3.63, 3.8) is 0 Å². The fourth-order valence-corrected chi connectivity index (χ4v) is 2.17. The average Bonchev–Trinajstić information content (AvgIpc) is 2.54. The van der Waals surface area contributed by atoms with Crippen LogP contribution in [0.3, 0.4) is 0 Å². The Labute approximate surface area is 143 Å². The van der Waals surface area contributed by atoms with Gasteiger partial charge in [0.05, 0.1) is 13.3 Å². The van der Waals surface area contributed by atoms with Gasteiger partial charge in [-0.05, 0) is 37.3 Å². The van der Waals surface area contributed by atoms with Gasteiger partial charge in [0.15, 0.2) is 6.61 Å². The normalized spacial score (nSPS) is 10.6. The van der Waals surface area contributed by atoms with E-state index in [1.54, 1.807) is 7.11 Å². The molecule has 0 heterocycles. The number of methoxy groups -OCH3 is 1. The van der Waals surface area contributed by atoms with Gasteiger partial charge < -0.3 is 9.47 Å². The number of hydrogen-bond acceptors (Lipinski definition) is 4. The number of nitrogens with one attached hydrogen (secondary N) is 1.